The second-order valence-corrected chi connectivity index (χ2v) is 9.48. The number of carbonyl (C=O) groups excluding carboxylic acids is 1. The van der Waals surface area contributed by atoms with Crippen LogP contribution in [0.4, 0.5) is 5.69 Å². The third-order valence-electron chi connectivity index (χ3n) is 4.60. The number of benzene rings is 2. The number of anilines is 1. The predicted molar refractivity (Wildman–Crippen MR) is 129 cm³/mol. The van der Waals surface area contributed by atoms with Crippen LogP contribution in [0.2, 0.25) is 0 Å². The summed E-state index contributed by atoms with van der Waals surface area (Å²) >= 11 is 0. The van der Waals surface area contributed by atoms with Crippen LogP contribution in [0.3, 0.4) is 0 Å². The smallest absolute Gasteiger partial charge is 0.262 e. The van der Waals surface area contributed by atoms with Gasteiger partial charge in [-0.3, -0.25) is 4.79 Å². The molecule has 0 heterocycles. The Kier molecular flexibility index (Phi) is 9.99. The molecule has 2 rings (SSSR count). The summed E-state index contributed by atoms with van der Waals surface area (Å²) in [6.45, 7) is 10.2. The lowest BCUT2D eigenvalue weighted by Crippen LogP contribution is -2.30. The van der Waals surface area contributed by atoms with Crippen molar-refractivity contribution < 1.29 is 27.4 Å². The van der Waals surface area contributed by atoms with Crippen molar-refractivity contribution in [2.45, 2.75) is 52.0 Å². The van der Waals surface area contributed by atoms with E-state index in [4.69, 9.17) is 14.2 Å². The van der Waals surface area contributed by atoms with E-state index in [1.165, 1.54) is 16.4 Å². The Morgan fingerprint density at radius 1 is 0.970 bits per heavy atom. The molecular weight excluding hydrogens is 444 g/mol. The van der Waals surface area contributed by atoms with Gasteiger partial charge in [0, 0.05) is 13.1 Å². The van der Waals surface area contributed by atoms with Gasteiger partial charge in [0.2, 0.25) is 10.0 Å². The highest BCUT2D eigenvalue weighted by Crippen LogP contribution is 2.31. The van der Waals surface area contributed by atoms with E-state index in [0.717, 1.165) is 6.42 Å². The van der Waals surface area contributed by atoms with Crippen LogP contribution in [0.1, 0.15) is 41.0 Å². The molecule has 0 saturated carbocycles. The van der Waals surface area contributed by atoms with E-state index in [1.54, 1.807) is 38.1 Å². The zero-order valence-electron chi connectivity index (χ0n) is 20.0. The fourth-order valence-corrected chi connectivity index (χ4v) is 4.55. The van der Waals surface area contributed by atoms with Crippen LogP contribution >= 0.6 is 0 Å². The second kappa shape index (κ2) is 12.5. The second-order valence-electron chi connectivity index (χ2n) is 7.55. The van der Waals surface area contributed by atoms with Crippen LogP contribution in [0, 0.1) is 0 Å². The van der Waals surface area contributed by atoms with Crippen LogP contribution in [0.25, 0.3) is 0 Å². The molecule has 8 nitrogen and oxygen atoms in total. The highest BCUT2D eigenvalue weighted by molar-refractivity contribution is 7.89. The van der Waals surface area contributed by atoms with Gasteiger partial charge in [-0.1, -0.05) is 32.9 Å². The molecule has 0 atom stereocenters. The molecule has 2 aromatic rings. The minimum atomic E-state index is -3.70. The third kappa shape index (κ3) is 7.36. The molecule has 0 aliphatic heterocycles. The Bertz CT molecular complexity index is 1020. The molecular formula is C24H34N2O6S. The number of nitrogens with one attached hydrogen (secondary N) is 1. The highest BCUT2D eigenvalue weighted by Gasteiger charge is 2.23. The summed E-state index contributed by atoms with van der Waals surface area (Å²) in [4.78, 5) is 12.7. The van der Waals surface area contributed by atoms with Crippen molar-refractivity contribution in [3.05, 3.63) is 42.5 Å². The van der Waals surface area contributed by atoms with Gasteiger partial charge in [0.05, 0.1) is 23.3 Å². The van der Waals surface area contributed by atoms with Crippen molar-refractivity contribution in [2.75, 3.05) is 31.6 Å². The van der Waals surface area contributed by atoms with Crippen LogP contribution < -0.4 is 19.5 Å². The molecule has 2 aromatic carbocycles. The Balaban J connectivity index is 2.23. The number of carbonyl (C=O) groups is 1. The van der Waals surface area contributed by atoms with Crippen molar-refractivity contribution in [3.63, 3.8) is 0 Å². The number of amides is 1. The number of rotatable bonds is 13. The summed E-state index contributed by atoms with van der Waals surface area (Å²) < 4.78 is 44.3. The maximum atomic E-state index is 12.9. The number of nitrogens with zero attached hydrogens (tertiary/aromatic N) is 1. The predicted octanol–water partition coefficient (Wildman–Crippen LogP) is 4.31. The van der Waals surface area contributed by atoms with E-state index in [1.807, 2.05) is 26.8 Å². The topological polar surface area (TPSA) is 94.2 Å². The average Bonchev–Trinajstić information content (AvgIpc) is 2.78. The van der Waals surface area contributed by atoms with Crippen LogP contribution in [-0.4, -0.2) is 51.0 Å². The fraction of sp³-hybridized carbons (Fsp3) is 0.458. The molecule has 0 spiro atoms. The van der Waals surface area contributed by atoms with E-state index in [-0.39, 0.29) is 23.3 Å². The summed E-state index contributed by atoms with van der Waals surface area (Å²) in [5.41, 5.74) is 0.265. The first kappa shape index (κ1) is 26.5. The SMILES string of the molecule is CCCOc1ccccc1OCC(=O)Nc1cc(S(=O)(=O)N(CC)CC)ccc1OC(C)C. The number of ether oxygens (including phenoxy) is 3. The van der Waals surface area contributed by atoms with Gasteiger partial charge in [-0.25, -0.2) is 8.42 Å². The monoisotopic (exact) mass is 478 g/mol. The van der Waals surface area contributed by atoms with E-state index in [0.29, 0.717) is 36.9 Å². The fourth-order valence-electron chi connectivity index (χ4n) is 3.07. The molecule has 1 amide bonds. The highest BCUT2D eigenvalue weighted by atomic mass is 32.2. The molecule has 9 heteroatoms. The molecule has 0 unspecified atom stereocenters. The van der Waals surface area contributed by atoms with Gasteiger partial charge < -0.3 is 19.5 Å². The van der Waals surface area contributed by atoms with Gasteiger partial charge >= 0.3 is 0 Å². The Morgan fingerprint density at radius 3 is 2.18 bits per heavy atom. The van der Waals surface area contributed by atoms with Crippen LogP contribution in [0.15, 0.2) is 47.4 Å². The van der Waals surface area contributed by atoms with Gasteiger partial charge in [0.1, 0.15) is 5.75 Å². The zero-order valence-corrected chi connectivity index (χ0v) is 20.8. The van der Waals surface area contributed by atoms with Gasteiger partial charge in [-0.2, -0.15) is 4.31 Å². The maximum Gasteiger partial charge on any atom is 0.262 e. The summed E-state index contributed by atoms with van der Waals surface area (Å²) in [5, 5.41) is 2.72. The average molecular weight is 479 g/mol. The lowest BCUT2D eigenvalue weighted by molar-refractivity contribution is -0.118. The van der Waals surface area contributed by atoms with Crippen molar-refractivity contribution in [3.8, 4) is 17.2 Å². The Hall–Kier alpha value is -2.78. The minimum absolute atomic E-state index is 0.0804. The molecule has 0 aliphatic rings. The van der Waals surface area contributed by atoms with E-state index < -0.39 is 15.9 Å². The molecule has 0 aromatic heterocycles. The number of para-hydroxylation sites is 2. The largest absolute Gasteiger partial charge is 0.490 e. The van der Waals surface area contributed by atoms with E-state index in [9.17, 15) is 13.2 Å². The Labute approximate surface area is 196 Å². The van der Waals surface area contributed by atoms with Gasteiger partial charge in [-0.05, 0) is 50.6 Å². The van der Waals surface area contributed by atoms with Crippen molar-refractivity contribution in [2.24, 2.45) is 0 Å². The zero-order chi connectivity index (χ0) is 24.4. The molecule has 33 heavy (non-hydrogen) atoms. The molecule has 0 aliphatic carbocycles. The lowest BCUT2D eigenvalue weighted by atomic mass is 10.2. The van der Waals surface area contributed by atoms with Crippen molar-refractivity contribution >= 4 is 21.6 Å². The minimum Gasteiger partial charge on any atom is -0.490 e. The first-order valence-electron chi connectivity index (χ1n) is 11.2. The first-order chi connectivity index (χ1) is 15.7. The van der Waals surface area contributed by atoms with Gasteiger partial charge in [-0.15, -0.1) is 0 Å². The molecule has 0 saturated heterocycles. The number of sulfonamides is 1. The number of hydrogen-bond donors (Lipinski definition) is 1. The quantitative estimate of drug-likeness (QED) is 0.461. The molecule has 0 radical (unpaired) electrons. The maximum absolute atomic E-state index is 12.9. The summed E-state index contributed by atoms with van der Waals surface area (Å²) in [7, 11) is -3.70. The lowest BCUT2D eigenvalue weighted by Gasteiger charge is -2.20. The molecule has 1 N–H and O–H groups in total. The van der Waals surface area contributed by atoms with Crippen LogP contribution in [-0.2, 0) is 14.8 Å². The number of hydrogen-bond acceptors (Lipinski definition) is 6. The van der Waals surface area contributed by atoms with Crippen molar-refractivity contribution in [1.82, 2.24) is 4.31 Å². The third-order valence-corrected chi connectivity index (χ3v) is 6.65. The summed E-state index contributed by atoms with van der Waals surface area (Å²) in [6, 6.07) is 11.6. The standard InChI is InChI=1S/C24H34N2O6S/c1-6-15-30-22-11-9-10-12-23(22)31-17-24(27)25-20-16-19(13-14-21(20)32-18(4)5)33(28,29)26(7-2)8-3/h9-14,16,18H,6-8,15,17H2,1-5H3,(H,25,27). The Morgan fingerprint density at radius 2 is 1.61 bits per heavy atom. The van der Waals surface area contributed by atoms with E-state index in [2.05, 4.69) is 5.32 Å². The molecule has 182 valence electrons. The molecule has 0 bridgehead atoms. The van der Waals surface area contributed by atoms with Crippen molar-refractivity contribution in [1.29, 1.82) is 0 Å². The summed E-state index contributed by atoms with van der Waals surface area (Å²) in [6.07, 6.45) is 0.685. The first-order valence-corrected chi connectivity index (χ1v) is 12.6. The van der Waals surface area contributed by atoms with E-state index >= 15 is 0 Å². The van der Waals surface area contributed by atoms with Gasteiger partial charge in [0.25, 0.3) is 5.91 Å². The summed E-state index contributed by atoms with van der Waals surface area (Å²) in [5.74, 6) is 0.940. The van der Waals surface area contributed by atoms with Crippen LogP contribution in [0.5, 0.6) is 17.2 Å². The normalized spacial score (nSPS) is 11.5. The molecule has 0 fully saturated rings. The van der Waals surface area contributed by atoms with Gasteiger partial charge in [0.15, 0.2) is 18.1 Å².